The minimum absolute atomic E-state index is 0.0291. The maximum Gasteiger partial charge on any atom is 0.329 e. The average Bonchev–Trinajstić information content (AvgIpc) is 2.88. The van der Waals surface area contributed by atoms with Crippen molar-refractivity contribution in [2.45, 2.75) is 18.4 Å². The predicted octanol–water partition coefficient (Wildman–Crippen LogP) is 1.77. The number of primary amides is 1. The number of benzene rings is 2. The second-order valence-corrected chi connectivity index (χ2v) is 5.63. The van der Waals surface area contributed by atoms with Gasteiger partial charge in [0.15, 0.2) is 0 Å². The zero-order valence-corrected chi connectivity index (χ0v) is 12.9. The summed E-state index contributed by atoms with van der Waals surface area (Å²) in [6, 6.07) is 16.7. The number of carbonyl (C=O) groups excluding carboxylic acids is 3. The van der Waals surface area contributed by atoms with Gasteiger partial charge in [-0.15, -0.1) is 0 Å². The normalized spacial score (nSPS) is 18.3. The fourth-order valence-corrected chi connectivity index (χ4v) is 3.04. The van der Waals surface area contributed by atoms with Crippen LogP contribution < -0.4 is 16.0 Å². The zero-order chi connectivity index (χ0) is 17.1. The smallest absolute Gasteiger partial charge is 0.329 e. The Bertz CT molecular complexity index is 762. The SMILES string of the molecule is NC(=O)CC(c1ccccc1)C1C(=O)NC(=O)N1c1ccccc1. The number of anilines is 1. The molecule has 24 heavy (non-hydrogen) atoms. The highest BCUT2D eigenvalue weighted by atomic mass is 16.2. The van der Waals surface area contributed by atoms with Crippen molar-refractivity contribution in [1.29, 1.82) is 0 Å². The summed E-state index contributed by atoms with van der Waals surface area (Å²) in [5, 5.41) is 2.33. The zero-order valence-electron chi connectivity index (χ0n) is 12.9. The van der Waals surface area contributed by atoms with Crippen LogP contribution in [-0.2, 0) is 9.59 Å². The Morgan fingerprint density at radius 2 is 1.62 bits per heavy atom. The third-order valence-corrected chi connectivity index (χ3v) is 4.06. The van der Waals surface area contributed by atoms with Gasteiger partial charge in [-0.05, 0) is 17.7 Å². The Balaban J connectivity index is 2.05. The summed E-state index contributed by atoms with van der Waals surface area (Å²) >= 11 is 0. The molecule has 2 unspecified atom stereocenters. The van der Waals surface area contributed by atoms with Crippen LogP contribution in [-0.4, -0.2) is 23.9 Å². The second-order valence-electron chi connectivity index (χ2n) is 5.63. The maximum atomic E-state index is 12.4. The van der Waals surface area contributed by atoms with Crippen LogP contribution in [0.15, 0.2) is 60.7 Å². The molecule has 0 aliphatic carbocycles. The number of hydrogen-bond acceptors (Lipinski definition) is 3. The lowest BCUT2D eigenvalue weighted by Crippen LogP contribution is -2.41. The average molecular weight is 323 g/mol. The molecule has 6 heteroatoms. The van der Waals surface area contributed by atoms with Crippen molar-refractivity contribution in [3.63, 3.8) is 0 Å². The molecular weight excluding hydrogens is 306 g/mol. The number of imide groups is 1. The summed E-state index contributed by atoms with van der Waals surface area (Å²) in [4.78, 5) is 37.7. The molecule has 6 nitrogen and oxygen atoms in total. The molecule has 3 rings (SSSR count). The van der Waals surface area contributed by atoms with Gasteiger partial charge >= 0.3 is 6.03 Å². The molecule has 0 spiro atoms. The molecule has 2 atom stereocenters. The molecule has 0 saturated carbocycles. The van der Waals surface area contributed by atoms with E-state index in [0.29, 0.717) is 5.69 Å². The third kappa shape index (κ3) is 2.99. The molecule has 1 saturated heterocycles. The monoisotopic (exact) mass is 323 g/mol. The van der Waals surface area contributed by atoms with E-state index < -0.39 is 29.8 Å². The van der Waals surface area contributed by atoms with Crippen LogP contribution in [0, 0.1) is 0 Å². The maximum absolute atomic E-state index is 12.4. The van der Waals surface area contributed by atoms with Gasteiger partial charge in [0.05, 0.1) is 0 Å². The van der Waals surface area contributed by atoms with Crippen molar-refractivity contribution in [1.82, 2.24) is 5.32 Å². The number of nitrogens with zero attached hydrogens (tertiary/aromatic N) is 1. The number of nitrogens with two attached hydrogens (primary N) is 1. The van der Waals surface area contributed by atoms with E-state index >= 15 is 0 Å². The molecule has 1 aliphatic heterocycles. The second kappa shape index (κ2) is 6.54. The van der Waals surface area contributed by atoms with Crippen LogP contribution in [0.2, 0.25) is 0 Å². The number of nitrogens with one attached hydrogen (secondary N) is 1. The van der Waals surface area contributed by atoms with E-state index in [0.717, 1.165) is 5.56 Å². The summed E-state index contributed by atoms with van der Waals surface area (Å²) in [7, 11) is 0. The van der Waals surface area contributed by atoms with Crippen LogP contribution in [0.25, 0.3) is 0 Å². The van der Waals surface area contributed by atoms with Gasteiger partial charge in [0.2, 0.25) is 5.91 Å². The lowest BCUT2D eigenvalue weighted by atomic mass is 9.87. The summed E-state index contributed by atoms with van der Waals surface area (Å²) in [5.41, 5.74) is 6.77. The van der Waals surface area contributed by atoms with Crippen molar-refractivity contribution in [3.05, 3.63) is 66.2 Å². The van der Waals surface area contributed by atoms with E-state index in [1.165, 1.54) is 4.90 Å². The summed E-state index contributed by atoms with van der Waals surface area (Å²) in [6.45, 7) is 0. The van der Waals surface area contributed by atoms with E-state index in [9.17, 15) is 14.4 Å². The number of amides is 4. The first-order valence-corrected chi connectivity index (χ1v) is 7.60. The van der Waals surface area contributed by atoms with E-state index in [2.05, 4.69) is 5.32 Å². The van der Waals surface area contributed by atoms with Crippen LogP contribution >= 0.6 is 0 Å². The van der Waals surface area contributed by atoms with Gasteiger partial charge in [-0.1, -0.05) is 48.5 Å². The molecule has 1 fully saturated rings. The minimum atomic E-state index is -0.824. The summed E-state index contributed by atoms with van der Waals surface area (Å²) < 4.78 is 0. The van der Waals surface area contributed by atoms with Crippen molar-refractivity contribution < 1.29 is 14.4 Å². The molecular formula is C18H17N3O3. The fraction of sp³-hybridized carbons (Fsp3) is 0.167. The highest BCUT2D eigenvalue weighted by molar-refractivity contribution is 6.14. The molecule has 3 N–H and O–H groups in total. The Kier molecular flexibility index (Phi) is 4.29. The van der Waals surface area contributed by atoms with E-state index in [-0.39, 0.29) is 6.42 Å². The molecule has 1 heterocycles. The quantitative estimate of drug-likeness (QED) is 0.821. The Morgan fingerprint density at radius 1 is 1.04 bits per heavy atom. The topological polar surface area (TPSA) is 92.5 Å². The van der Waals surface area contributed by atoms with Gasteiger partial charge < -0.3 is 5.73 Å². The molecule has 1 aliphatic rings. The van der Waals surface area contributed by atoms with Crippen LogP contribution in [0.3, 0.4) is 0 Å². The first-order valence-electron chi connectivity index (χ1n) is 7.60. The first kappa shape index (κ1) is 15.7. The predicted molar refractivity (Wildman–Crippen MR) is 89.2 cm³/mol. The Labute approximate surface area is 139 Å². The lowest BCUT2D eigenvalue weighted by molar-refractivity contribution is -0.121. The molecule has 4 amide bonds. The molecule has 0 aromatic heterocycles. The molecule has 122 valence electrons. The molecule has 0 radical (unpaired) electrons. The van der Waals surface area contributed by atoms with Crippen LogP contribution in [0.4, 0.5) is 10.5 Å². The van der Waals surface area contributed by atoms with Gasteiger partial charge in [0, 0.05) is 18.0 Å². The van der Waals surface area contributed by atoms with Gasteiger partial charge in [-0.25, -0.2) is 4.79 Å². The van der Waals surface area contributed by atoms with Gasteiger partial charge in [0.1, 0.15) is 6.04 Å². The summed E-state index contributed by atoms with van der Waals surface area (Å²) in [5.74, 6) is -1.47. The molecule has 0 bridgehead atoms. The van der Waals surface area contributed by atoms with E-state index in [4.69, 9.17) is 5.73 Å². The van der Waals surface area contributed by atoms with Crippen molar-refractivity contribution in [2.24, 2.45) is 5.73 Å². The Hall–Kier alpha value is -3.15. The van der Waals surface area contributed by atoms with Crippen LogP contribution in [0.5, 0.6) is 0 Å². The van der Waals surface area contributed by atoms with E-state index in [1.807, 2.05) is 36.4 Å². The van der Waals surface area contributed by atoms with E-state index in [1.54, 1.807) is 24.3 Å². The molecule has 2 aromatic carbocycles. The highest BCUT2D eigenvalue weighted by Gasteiger charge is 2.45. The standard InChI is InChI=1S/C18H17N3O3/c19-15(22)11-14(12-7-3-1-4-8-12)16-17(23)20-18(24)21(16)13-9-5-2-6-10-13/h1-10,14,16H,11H2,(H2,19,22)(H,20,23,24). The number of hydrogen-bond donors (Lipinski definition) is 2. The minimum Gasteiger partial charge on any atom is -0.370 e. The number of para-hydroxylation sites is 1. The highest BCUT2D eigenvalue weighted by Crippen LogP contribution is 2.33. The van der Waals surface area contributed by atoms with Crippen LogP contribution in [0.1, 0.15) is 17.9 Å². The van der Waals surface area contributed by atoms with Gasteiger partial charge in [-0.2, -0.15) is 0 Å². The van der Waals surface area contributed by atoms with Crippen molar-refractivity contribution in [3.8, 4) is 0 Å². The van der Waals surface area contributed by atoms with Crippen molar-refractivity contribution >= 4 is 23.5 Å². The Morgan fingerprint density at radius 3 is 2.21 bits per heavy atom. The van der Waals surface area contributed by atoms with Gasteiger partial charge in [-0.3, -0.25) is 19.8 Å². The first-order chi connectivity index (χ1) is 11.6. The lowest BCUT2D eigenvalue weighted by Gasteiger charge is -2.28. The number of urea groups is 1. The van der Waals surface area contributed by atoms with Crippen molar-refractivity contribution in [2.75, 3.05) is 4.90 Å². The number of rotatable bonds is 5. The number of carbonyl (C=O) groups is 3. The fourth-order valence-electron chi connectivity index (χ4n) is 3.04. The van der Waals surface area contributed by atoms with Gasteiger partial charge in [0.25, 0.3) is 5.91 Å². The largest absolute Gasteiger partial charge is 0.370 e. The molecule has 2 aromatic rings. The summed E-state index contributed by atoms with van der Waals surface area (Å²) in [6.07, 6.45) is -0.0291. The third-order valence-electron chi connectivity index (χ3n) is 4.06.